The van der Waals surface area contributed by atoms with Crippen LogP contribution in [-0.4, -0.2) is 15.9 Å². The zero-order valence-corrected chi connectivity index (χ0v) is 19.3. The highest BCUT2D eigenvalue weighted by molar-refractivity contribution is 5.90. The van der Waals surface area contributed by atoms with Gasteiger partial charge in [-0.1, -0.05) is 64.5 Å². The van der Waals surface area contributed by atoms with Gasteiger partial charge in [-0.05, 0) is 73.6 Å². The molecule has 0 N–H and O–H groups in total. The number of carbonyl (C=O) groups excluding carboxylic acids is 1. The first-order valence-corrected chi connectivity index (χ1v) is 12.3. The van der Waals surface area contributed by atoms with Crippen molar-refractivity contribution in [1.29, 1.82) is 0 Å². The highest BCUT2D eigenvalue weighted by Gasteiger charge is 2.22. The summed E-state index contributed by atoms with van der Waals surface area (Å²) in [6.07, 6.45) is 18.7. The number of carbonyl (C=O) groups is 1. The van der Waals surface area contributed by atoms with Gasteiger partial charge in [0.05, 0.1) is 5.56 Å². The summed E-state index contributed by atoms with van der Waals surface area (Å²) in [5, 5.41) is 0. The predicted molar refractivity (Wildman–Crippen MR) is 126 cm³/mol. The number of benzene rings is 1. The molecule has 1 fully saturated rings. The fourth-order valence-electron chi connectivity index (χ4n) is 4.60. The van der Waals surface area contributed by atoms with Gasteiger partial charge in [0.2, 0.25) is 0 Å². The number of hydrogen-bond acceptors (Lipinski definition) is 4. The quantitative estimate of drug-likeness (QED) is 0.282. The SMILES string of the molecule is CCCCCc1cnc(OC(=O)c2ccc(C3CCC(CCCCC)CC3)cc2)nc1. The molecule has 0 radical (unpaired) electrons. The lowest BCUT2D eigenvalue weighted by Gasteiger charge is -2.29. The third-order valence-corrected chi connectivity index (χ3v) is 6.62. The fraction of sp³-hybridized carbons (Fsp3) is 0.593. The molecule has 1 aromatic carbocycles. The zero-order chi connectivity index (χ0) is 21.9. The van der Waals surface area contributed by atoms with Crippen LogP contribution in [0.4, 0.5) is 0 Å². The Hall–Kier alpha value is -2.23. The number of aryl methyl sites for hydroxylation is 1. The molecule has 1 saturated carbocycles. The van der Waals surface area contributed by atoms with Crippen LogP contribution in [0.2, 0.25) is 0 Å². The van der Waals surface area contributed by atoms with Gasteiger partial charge in [-0.3, -0.25) is 0 Å². The summed E-state index contributed by atoms with van der Waals surface area (Å²) in [5.74, 6) is 1.14. The Morgan fingerprint density at radius 1 is 0.903 bits per heavy atom. The minimum atomic E-state index is -0.398. The number of rotatable bonds is 11. The second-order valence-corrected chi connectivity index (χ2v) is 9.06. The molecule has 4 heteroatoms. The van der Waals surface area contributed by atoms with E-state index in [9.17, 15) is 4.79 Å². The van der Waals surface area contributed by atoms with Crippen LogP contribution in [-0.2, 0) is 6.42 Å². The van der Waals surface area contributed by atoms with Crippen LogP contribution in [0.3, 0.4) is 0 Å². The van der Waals surface area contributed by atoms with Crippen LogP contribution >= 0.6 is 0 Å². The minimum absolute atomic E-state index is 0.120. The number of ether oxygens (including phenoxy) is 1. The van der Waals surface area contributed by atoms with Gasteiger partial charge in [0.25, 0.3) is 0 Å². The van der Waals surface area contributed by atoms with E-state index in [2.05, 4.69) is 35.9 Å². The van der Waals surface area contributed by atoms with E-state index in [1.165, 1.54) is 69.8 Å². The summed E-state index contributed by atoms with van der Waals surface area (Å²) >= 11 is 0. The van der Waals surface area contributed by atoms with Crippen molar-refractivity contribution < 1.29 is 9.53 Å². The van der Waals surface area contributed by atoms with Gasteiger partial charge in [-0.2, -0.15) is 0 Å². The largest absolute Gasteiger partial charge is 0.387 e. The highest BCUT2D eigenvalue weighted by atomic mass is 16.5. The average Bonchev–Trinajstić information content (AvgIpc) is 2.81. The number of esters is 1. The maximum absolute atomic E-state index is 12.5. The summed E-state index contributed by atoms with van der Waals surface area (Å²) in [4.78, 5) is 20.9. The summed E-state index contributed by atoms with van der Waals surface area (Å²) in [6, 6.07) is 8.07. The Morgan fingerprint density at radius 3 is 2.19 bits per heavy atom. The van der Waals surface area contributed by atoms with Crippen molar-refractivity contribution in [2.75, 3.05) is 0 Å². The normalized spacial score (nSPS) is 18.6. The molecule has 0 unspecified atom stereocenters. The van der Waals surface area contributed by atoms with E-state index < -0.39 is 5.97 Å². The smallest absolute Gasteiger partial charge is 0.345 e. The second-order valence-electron chi connectivity index (χ2n) is 9.06. The number of hydrogen-bond donors (Lipinski definition) is 0. The average molecular weight is 423 g/mol. The van der Waals surface area contributed by atoms with Crippen molar-refractivity contribution in [3.05, 3.63) is 53.3 Å². The highest BCUT2D eigenvalue weighted by Crippen LogP contribution is 2.37. The monoisotopic (exact) mass is 422 g/mol. The standard InChI is InChI=1S/C27H38N2O2/c1-3-5-7-9-21-11-13-23(14-12-21)24-15-17-25(18-16-24)26(30)31-27-28-19-22(20-29-27)10-8-6-4-2/h15-21,23H,3-14H2,1-2H3. The van der Waals surface area contributed by atoms with Crippen LogP contribution in [0.1, 0.15) is 112 Å². The first-order chi connectivity index (χ1) is 15.2. The Balaban J connectivity index is 1.47. The fourth-order valence-corrected chi connectivity index (χ4v) is 4.60. The summed E-state index contributed by atoms with van der Waals surface area (Å²) in [7, 11) is 0. The van der Waals surface area contributed by atoms with Gasteiger partial charge in [-0.25, -0.2) is 14.8 Å². The third kappa shape index (κ3) is 7.45. The van der Waals surface area contributed by atoms with Gasteiger partial charge in [-0.15, -0.1) is 0 Å². The van der Waals surface area contributed by atoms with E-state index in [1.54, 1.807) is 12.4 Å². The van der Waals surface area contributed by atoms with E-state index in [0.717, 1.165) is 24.3 Å². The van der Waals surface area contributed by atoms with E-state index in [-0.39, 0.29) is 6.01 Å². The van der Waals surface area contributed by atoms with Crippen molar-refractivity contribution in [3.8, 4) is 6.01 Å². The second kappa shape index (κ2) is 12.6. The van der Waals surface area contributed by atoms with Crippen LogP contribution in [0.15, 0.2) is 36.7 Å². The maximum atomic E-state index is 12.5. The molecule has 1 aliphatic rings. The molecular formula is C27H38N2O2. The lowest BCUT2D eigenvalue weighted by Crippen LogP contribution is -2.14. The molecule has 2 aromatic rings. The lowest BCUT2D eigenvalue weighted by molar-refractivity contribution is 0.0719. The molecule has 1 aromatic heterocycles. The molecule has 3 rings (SSSR count). The molecular weight excluding hydrogens is 384 g/mol. The Labute approximate surface area is 187 Å². The van der Waals surface area contributed by atoms with E-state index >= 15 is 0 Å². The Morgan fingerprint density at radius 2 is 1.55 bits per heavy atom. The molecule has 0 atom stereocenters. The molecule has 31 heavy (non-hydrogen) atoms. The van der Waals surface area contributed by atoms with Gasteiger partial charge in [0.15, 0.2) is 0 Å². The molecule has 1 heterocycles. The molecule has 0 bridgehead atoms. The molecule has 0 spiro atoms. The minimum Gasteiger partial charge on any atom is -0.387 e. The van der Waals surface area contributed by atoms with Crippen molar-refractivity contribution >= 4 is 5.97 Å². The first-order valence-electron chi connectivity index (χ1n) is 12.3. The third-order valence-electron chi connectivity index (χ3n) is 6.62. The summed E-state index contributed by atoms with van der Waals surface area (Å²) in [5.41, 5.74) is 2.97. The van der Waals surface area contributed by atoms with Gasteiger partial charge in [0, 0.05) is 12.4 Å². The number of nitrogens with zero attached hydrogens (tertiary/aromatic N) is 2. The summed E-state index contributed by atoms with van der Waals surface area (Å²) in [6.45, 7) is 4.46. The first kappa shape index (κ1) is 23.4. The zero-order valence-electron chi connectivity index (χ0n) is 19.3. The summed E-state index contributed by atoms with van der Waals surface area (Å²) < 4.78 is 5.37. The van der Waals surface area contributed by atoms with Crippen LogP contribution in [0.25, 0.3) is 0 Å². The lowest BCUT2D eigenvalue weighted by atomic mass is 9.77. The molecule has 1 aliphatic carbocycles. The Kier molecular flexibility index (Phi) is 9.51. The predicted octanol–water partition coefficient (Wildman–Crippen LogP) is 7.28. The maximum Gasteiger partial charge on any atom is 0.345 e. The van der Waals surface area contributed by atoms with E-state index in [4.69, 9.17) is 4.74 Å². The van der Waals surface area contributed by atoms with Gasteiger partial charge < -0.3 is 4.74 Å². The van der Waals surface area contributed by atoms with E-state index in [1.807, 2.05) is 12.1 Å². The van der Waals surface area contributed by atoms with Crippen molar-refractivity contribution in [2.45, 2.75) is 96.8 Å². The van der Waals surface area contributed by atoms with E-state index in [0.29, 0.717) is 11.5 Å². The molecule has 0 amide bonds. The van der Waals surface area contributed by atoms with Crippen molar-refractivity contribution in [2.24, 2.45) is 5.92 Å². The van der Waals surface area contributed by atoms with Crippen LogP contribution in [0.5, 0.6) is 6.01 Å². The molecule has 4 nitrogen and oxygen atoms in total. The topological polar surface area (TPSA) is 52.1 Å². The molecule has 0 saturated heterocycles. The molecule has 168 valence electrons. The van der Waals surface area contributed by atoms with Crippen molar-refractivity contribution in [1.82, 2.24) is 9.97 Å². The van der Waals surface area contributed by atoms with Gasteiger partial charge in [0.1, 0.15) is 0 Å². The molecule has 0 aliphatic heterocycles. The number of aromatic nitrogens is 2. The van der Waals surface area contributed by atoms with Crippen molar-refractivity contribution in [3.63, 3.8) is 0 Å². The van der Waals surface area contributed by atoms with Crippen LogP contribution in [0, 0.1) is 5.92 Å². The number of unbranched alkanes of at least 4 members (excludes halogenated alkanes) is 4. The van der Waals surface area contributed by atoms with Crippen LogP contribution < -0.4 is 4.74 Å². The Bertz CT molecular complexity index is 778. The van der Waals surface area contributed by atoms with Gasteiger partial charge >= 0.3 is 12.0 Å².